The van der Waals surface area contributed by atoms with Crippen LogP contribution in [0, 0.1) is 11.8 Å². The Balaban J connectivity index is 1.62. The quantitative estimate of drug-likeness (QED) is 0.738. The Hall–Kier alpha value is -2.93. The van der Waals surface area contributed by atoms with Crippen molar-refractivity contribution in [3.8, 4) is 0 Å². The number of carboxylic acid groups (broad SMARTS) is 1. The van der Waals surface area contributed by atoms with Crippen LogP contribution < -0.4 is 5.32 Å². The number of pyridine rings is 1. The third-order valence-corrected chi connectivity index (χ3v) is 6.42. The van der Waals surface area contributed by atoms with Crippen LogP contribution in [0.5, 0.6) is 0 Å². The number of hydrogen-bond acceptors (Lipinski definition) is 4. The van der Waals surface area contributed by atoms with E-state index in [2.05, 4.69) is 10.3 Å². The van der Waals surface area contributed by atoms with Crippen molar-refractivity contribution >= 4 is 35.1 Å². The molecule has 0 saturated heterocycles. The van der Waals surface area contributed by atoms with Gasteiger partial charge in [-0.3, -0.25) is 19.4 Å². The van der Waals surface area contributed by atoms with Crippen LogP contribution in [0.4, 0.5) is 5.69 Å². The summed E-state index contributed by atoms with van der Waals surface area (Å²) in [5.41, 5.74) is 1.53. The van der Waals surface area contributed by atoms with Crippen molar-refractivity contribution in [1.82, 2.24) is 9.88 Å². The normalized spacial score (nSPS) is 23.6. The first kappa shape index (κ1) is 21.3. The summed E-state index contributed by atoms with van der Waals surface area (Å²) < 4.78 is 0. The maximum Gasteiger partial charge on any atom is 0.306 e. The Labute approximate surface area is 185 Å². The third-order valence-electron chi connectivity index (χ3n) is 6.19. The molecule has 1 atom stereocenters. The smallest absolute Gasteiger partial charge is 0.306 e. The van der Waals surface area contributed by atoms with E-state index in [0.717, 1.165) is 5.69 Å². The van der Waals surface area contributed by atoms with E-state index < -0.39 is 12.0 Å². The largest absolute Gasteiger partial charge is 0.481 e. The minimum Gasteiger partial charge on any atom is -0.481 e. The first-order chi connectivity index (χ1) is 14.9. The molecule has 1 unspecified atom stereocenters. The zero-order chi connectivity index (χ0) is 22.0. The highest BCUT2D eigenvalue weighted by Crippen LogP contribution is 2.33. The molecule has 31 heavy (non-hydrogen) atoms. The molecule has 4 rings (SSSR count). The lowest BCUT2D eigenvalue weighted by Crippen LogP contribution is -2.49. The van der Waals surface area contributed by atoms with Gasteiger partial charge in [0, 0.05) is 29.9 Å². The Bertz CT molecular complexity index is 990. The number of hydrogen-bond donors (Lipinski definition) is 2. The minimum absolute atomic E-state index is 0.146. The highest BCUT2D eigenvalue weighted by molar-refractivity contribution is 6.31. The molecule has 2 heterocycles. The zero-order valence-corrected chi connectivity index (χ0v) is 17.7. The lowest BCUT2D eigenvalue weighted by atomic mass is 9.81. The summed E-state index contributed by atoms with van der Waals surface area (Å²) in [7, 11) is 0. The average molecular weight is 442 g/mol. The second-order valence-corrected chi connectivity index (χ2v) is 8.67. The molecule has 2 aliphatic rings. The lowest BCUT2D eigenvalue weighted by Gasteiger charge is -2.34. The van der Waals surface area contributed by atoms with Gasteiger partial charge in [0.2, 0.25) is 5.91 Å². The molecule has 2 aromatic rings. The number of carbonyl (C=O) groups is 3. The van der Waals surface area contributed by atoms with E-state index in [9.17, 15) is 19.5 Å². The summed E-state index contributed by atoms with van der Waals surface area (Å²) in [4.78, 5) is 43.9. The fourth-order valence-corrected chi connectivity index (χ4v) is 4.63. The van der Waals surface area contributed by atoms with Gasteiger partial charge in [-0.1, -0.05) is 17.7 Å². The number of amides is 2. The lowest BCUT2D eigenvalue weighted by molar-refractivity contribution is -0.143. The summed E-state index contributed by atoms with van der Waals surface area (Å²) in [5.74, 6) is -1.45. The van der Waals surface area contributed by atoms with Crippen LogP contribution >= 0.6 is 11.6 Å². The molecule has 7 nitrogen and oxygen atoms in total. The first-order valence-electron chi connectivity index (χ1n) is 10.5. The van der Waals surface area contributed by atoms with Crippen LogP contribution in [0.1, 0.15) is 41.7 Å². The topological polar surface area (TPSA) is 99.6 Å². The van der Waals surface area contributed by atoms with Gasteiger partial charge in [0.25, 0.3) is 5.91 Å². The number of aliphatic carboxylic acids is 1. The van der Waals surface area contributed by atoms with Gasteiger partial charge in [-0.25, -0.2) is 0 Å². The number of carbonyl (C=O) groups excluding carboxylic acids is 2. The van der Waals surface area contributed by atoms with E-state index in [-0.39, 0.29) is 23.7 Å². The Morgan fingerprint density at radius 1 is 1.16 bits per heavy atom. The van der Waals surface area contributed by atoms with E-state index in [0.29, 0.717) is 54.9 Å². The Morgan fingerprint density at radius 3 is 2.61 bits per heavy atom. The van der Waals surface area contributed by atoms with Crippen LogP contribution in [0.15, 0.2) is 42.6 Å². The highest BCUT2D eigenvalue weighted by atomic mass is 35.5. The number of rotatable bonds is 5. The third kappa shape index (κ3) is 4.71. The molecule has 1 aliphatic heterocycles. The molecule has 0 bridgehead atoms. The summed E-state index contributed by atoms with van der Waals surface area (Å²) in [6, 6.07) is 9.64. The fourth-order valence-electron chi connectivity index (χ4n) is 4.46. The monoisotopic (exact) mass is 441 g/mol. The molecular weight excluding hydrogens is 418 g/mol. The predicted octanol–water partition coefficient (Wildman–Crippen LogP) is 3.63. The molecule has 2 amide bonds. The van der Waals surface area contributed by atoms with Crippen molar-refractivity contribution in [3.63, 3.8) is 0 Å². The molecule has 1 aliphatic carbocycles. The average Bonchev–Trinajstić information content (AvgIpc) is 2.85. The molecule has 162 valence electrons. The molecule has 1 fully saturated rings. The maximum atomic E-state index is 13.5. The Kier molecular flexibility index (Phi) is 6.23. The van der Waals surface area contributed by atoms with Gasteiger partial charge in [-0.2, -0.15) is 0 Å². The van der Waals surface area contributed by atoms with E-state index in [1.54, 1.807) is 35.4 Å². The van der Waals surface area contributed by atoms with Gasteiger partial charge in [0.1, 0.15) is 6.04 Å². The number of carboxylic acids is 1. The summed E-state index contributed by atoms with van der Waals surface area (Å²) >= 11 is 6.09. The van der Waals surface area contributed by atoms with Crippen molar-refractivity contribution in [2.75, 3.05) is 11.9 Å². The van der Waals surface area contributed by atoms with Crippen molar-refractivity contribution in [2.24, 2.45) is 11.8 Å². The van der Waals surface area contributed by atoms with Gasteiger partial charge in [-0.15, -0.1) is 0 Å². The van der Waals surface area contributed by atoms with Crippen LogP contribution in [0.25, 0.3) is 0 Å². The zero-order valence-electron chi connectivity index (χ0n) is 17.0. The number of nitrogens with zero attached hydrogens (tertiary/aromatic N) is 2. The molecule has 0 radical (unpaired) electrons. The first-order valence-corrected chi connectivity index (χ1v) is 10.8. The van der Waals surface area contributed by atoms with Gasteiger partial charge in [-0.05, 0) is 61.9 Å². The van der Waals surface area contributed by atoms with Crippen molar-refractivity contribution in [2.45, 2.75) is 38.1 Å². The van der Waals surface area contributed by atoms with Gasteiger partial charge >= 0.3 is 5.97 Å². The van der Waals surface area contributed by atoms with Gasteiger partial charge in [0.05, 0.1) is 17.2 Å². The molecular formula is C23H24ClN3O4. The SMILES string of the molecule is O=C(O)C1CCC(CN2C(=O)c3ccc(Cl)cc3NC(=O)C2Cc2ccccn2)CC1. The second kappa shape index (κ2) is 9.06. The van der Waals surface area contributed by atoms with Crippen molar-refractivity contribution in [1.29, 1.82) is 0 Å². The molecule has 8 heteroatoms. The number of fused-ring (bicyclic) bond motifs is 1. The number of nitrogens with one attached hydrogen (secondary N) is 1. The van der Waals surface area contributed by atoms with Crippen molar-refractivity contribution in [3.05, 3.63) is 58.9 Å². The van der Waals surface area contributed by atoms with E-state index in [1.165, 1.54) is 0 Å². The number of halogens is 1. The number of anilines is 1. The second-order valence-electron chi connectivity index (χ2n) is 8.23. The minimum atomic E-state index is -0.762. The molecule has 1 saturated carbocycles. The van der Waals surface area contributed by atoms with Crippen LogP contribution in [0.3, 0.4) is 0 Å². The van der Waals surface area contributed by atoms with Crippen LogP contribution in [-0.4, -0.2) is 45.4 Å². The van der Waals surface area contributed by atoms with Gasteiger partial charge in [0.15, 0.2) is 0 Å². The highest BCUT2D eigenvalue weighted by Gasteiger charge is 2.38. The van der Waals surface area contributed by atoms with E-state index >= 15 is 0 Å². The molecule has 0 spiro atoms. The molecule has 1 aromatic carbocycles. The number of aromatic nitrogens is 1. The van der Waals surface area contributed by atoms with E-state index in [1.807, 2.05) is 12.1 Å². The predicted molar refractivity (Wildman–Crippen MR) is 116 cm³/mol. The van der Waals surface area contributed by atoms with Crippen molar-refractivity contribution < 1.29 is 19.5 Å². The summed E-state index contributed by atoms with van der Waals surface area (Å²) in [6.45, 7) is 0.401. The Morgan fingerprint density at radius 2 is 1.94 bits per heavy atom. The van der Waals surface area contributed by atoms with E-state index in [4.69, 9.17) is 11.6 Å². The molecule has 2 N–H and O–H groups in total. The fraction of sp³-hybridized carbons (Fsp3) is 0.391. The summed E-state index contributed by atoms with van der Waals surface area (Å²) in [5, 5.41) is 12.6. The molecule has 1 aromatic heterocycles. The van der Waals surface area contributed by atoms with Gasteiger partial charge < -0.3 is 15.3 Å². The standard InChI is InChI=1S/C23H24ClN3O4/c24-16-8-9-18-19(11-16)26-21(28)20(12-17-3-1-2-10-25-17)27(22(18)29)13-14-4-6-15(7-5-14)23(30)31/h1-3,8-11,14-15,20H,4-7,12-13H2,(H,26,28)(H,30,31). The maximum absolute atomic E-state index is 13.5. The number of benzene rings is 1. The summed E-state index contributed by atoms with van der Waals surface area (Å²) in [6.07, 6.45) is 4.57. The van der Waals surface area contributed by atoms with Crippen LogP contribution in [-0.2, 0) is 16.0 Å². The van der Waals surface area contributed by atoms with Crippen LogP contribution in [0.2, 0.25) is 5.02 Å².